The zero-order valence-corrected chi connectivity index (χ0v) is 10.6. The van der Waals surface area contributed by atoms with Gasteiger partial charge in [0.25, 0.3) is 5.91 Å². The Hall–Kier alpha value is -1.33. The number of amidine groups is 1. The van der Waals surface area contributed by atoms with Gasteiger partial charge in [-0.25, -0.2) is 0 Å². The number of thioether (sulfide) groups is 1. The first kappa shape index (κ1) is 12.1. The van der Waals surface area contributed by atoms with E-state index in [2.05, 4.69) is 22.8 Å². The Morgan fingerprint density at radius 3 is 2.76 bits per heavy atom. The van der Waals surface area contributed by atoms with Crippen LogP contribution in [-0.4, -0.2) is 16.4 Å². The van der Waals surface area contributed by atoms with Crippen LogP contribution in [0.4, 0.5) is 0 Å². The molecule has 0 aliphatic carbocycles. The Bertz CT molecular complexity index is 442. The van der Waals surface area contributed by atoms with Crippen LogP contribution in [0.15, 0.2) is 29.3 Å². The maximum Gasteiger partial charge on any atom is 0.279 e. The smallest absolute Gasteiger partial charge is 0.267 e. The molecule has 1 heterocycles. The van der Waals surface area contributed by atoms with E-state index in [4.69, 9.17) is 0 Å². The molecule has 0 spiro atoms. The van der Waals surface area contributed by atoms with Gasteiger partial charge in [-0.1, -0.05) is 36.4 Å². The van der Waals surface area contributed by atoms with E-state index in [-0.39, 0.29) is 11.3 Å². The van der Waals surface area contributed by atoms with Gasteiger partial charge in [0.2, 0.25) is 5.17 Å². The summed E-state index contributed by atoms with van der Waals surface area (Å²) in [5.41, 5.74) is 8.66. The average molecular weight is 248 g/mol. The van der Waals surface area contributed by atoms with E-state index < -0.39 is 0 Å². The minimum Gasteiger partial charge on any atom is -0.267 e. The van der Waals surface area contributed by atoms with E-state index in [0.29, 0.717) is 10.7 Å². The molecular formula is C12H14N3OS. The summed E-state index contributed by atoms with van der Waals surface area (Å²) in [6.45, 7) is 4.04. The van der Waals surface area contributed by atoms with Crippen LogP contribution in [-0.2, 0) is 0 Å². The molecule has 1 saturated heterocycles. The number of aryl methyl sites for hydroxylation is 1. The lowest BCUT2D eigenvalue weighted by atomic mass is 10.1. The minimum atomic E-state index is -0.241. The first-order chi connectivity index (χ1) is 8.19. The van der Waals surface area contributed by atoms with Crippen LogP contribution < -0.4 is 10.9 Å². The lowest BCUT2D eigenvalue weighted by molar-refractivity contribution is 0.100. The molecule has 5 heteroatoms. The molecule has 1 aromatic carbocycles. The second-order valence-electron chi connectivity index (χ2n) is 3.82. The van der Waals surface area contributed by atoms with E-state index in [1.165, 1.54) is 11.8 Å². The highest BCUT2D eigenvalue weighted by atomic mass is 32.2. The zero-order chi connectivity index (χ0) is 12.3. The minimum absolute atomic E-state index is 0.236. The van der Waals surface area contributed by atoms with Crippen molar-refractivity contribution in [3.63, 3.8) is 0 Å². The summed E-state index contributed by atoms with van der Waals surface area (Å²) in [4.78, 5) is 15.8. The molecule has 0 saturated carbocycles. The fourth-order valence-corrected chi connectivity index (χ4v) is 2.15. The number of benzene rings is 1. The summed E-state index contributed by atoms with van der Waals surface area (Å²) in [5, 5.41) is 0.752. The van der Waals surface area contributed by atoms with Gasteiger partial charge in [-0.15, -0.1) is 0 Å². The van der Waals surface area contributed by atoms with Crippen molar-refractivity contribution in [2.24, 2.45) is 4.99 Å². The summed E-state index contributed by atoms with van der Waals surface area (Å²) in [7, 11) is 0. The van der Waals surface area contributed by atoms with Gasteiger partial charge in [0.05, 0.1) is 5.37 Å². The van der Waals surface area contributed by atoms with E-state index in [0.717, 1.165) is 12.0 Å². The van der Waals surface area contributed by atoms with Crippen molar-refractivity contribution in [1.82, 2.24) is 10.9 Å². The summed E-state index contributed by atoms with van der Waals surface area (Å²) in [6.07, 6.45) is 0.950. The molecule has 1 aromatic rings. The molecule has 0 bridgehead atoms. The zero-order valence-electron chi connectivity index (χ0n) is 9.80. The monoisotopic (exact) mass is 248 g/mol. The summed E-state index contributed by atoms with van der Waals surface area (Å²) in [6, 6.07) is 7.37. The molecule has 4 nitrogen and oxygen atoms in total. The maximum atomic E-state index is 11.8. The molecule has 1 aliphatic rings. The molecule has 1 N–H and O–H groups in total. The van der Waals surface area contributed by atoms with Crippen molar-refractivity contribution in [2.45, 2.75) is 25.6 Å². The molecule has 89 valence electrons. The largest absolute Gasteiger partial charge is 0.279 e. The molecular weight excluding hydrogens is 234 g/mol. The molecule has 1 amide bonds. The number of hydrogen-bond donors (Lipinski definition) is 1. The summed E-state index contributed by atoms with van der Waals surface area (Å²) in [5.74, 6) is -0.241. The molecule has 2 rings (SSSR count). The third kappa shape index (κ3) is 3.08. The van der Waals surface area contributed by atoms with Crippen LogP contribution in [0.1, 0.15) is 29.3 Å². The Morgan fingerprint density at radius 2 is 2.18 bits per heavy atom. The quantitative estimate of drug-likeness (QED) is 0.871. The Labute approximate surface area is 105 Å². The lowest BCUT2D eigenvalue weighted by Crippen LogP contribution is -2.24. The van der Waals surface area contributed by atoms with Crippen molar-refractivity contribution < 1.29 is 4.79 Å². The van der Waals surface area contributed by atoms with Gasteiger partial charge in [-0.05, 0) is 25.5 Å². The number of carbonyl (C=O) groups excluding carboxylic acids is 1. The van der Waals surface area contributed by atoms with E-state index in [1.807, 2.05) is 19.1 Å². The van der Waals surface area contributed by atoms with E-state index in [1.54, 1.807) is 12.1 Å². The molecule has 1 atom stereocenters. The number of nitrogens with zero attached hydrogens (tertiary/aromatic N) is 2. The fourth-order valence-electron chi connectivity index (χ4n) is 1.38. The van der Waals surface area contributed by atoms with Gasteiger partial charge in [-0.2, -0.15) is 15.8 Å². The highest BCUT2D eigenvalue weighted by molar-refractivity contribution is 8.14. The third-order valence-electron chi connectivity index (χ3n) is 2.42. The van der Waals surface area contributed by atoms with Crippen LogP contribution in [0.2, 0.25) is 0 Å². The standard InChI is InChI=1S/C12H14N3OS/c1-3-10-14-15-12(17-10)13-11(16)9-6-4-8(2)5-7-9/h4-7,10,14H,3H2,1-2H3. The predicted octanol–water partition coefficient (Wildman–Crippen LogP) is 2.08. The summed E-state index contributed by atoms with van der Waals surface area (Å²) < 4.78 is 0. The number of hydrogen-bond acceptors (Lipinski definition) is 3. The number of aliphatic imine (C=N–C) groups is 1. The van der Waals surface area contributed by atoms with Gasteiger partial charge in [0.15, 0.2) is 0 Å². The van der Waals surface area contributed by atoms with Gasteiger partial charge >= 0.3 is 0 Å². The van der Waals surface area contributed by atoms with Gasteiger partial charge in [0, 0.05) is 5.56 Å². The first-order valence-corrected chi connectivity index (χ1v) is 6.39. The third-order valence-corrected chi connectivity index (χ3v) is 3.54. The van der Waals surface area contributed by atoms with E-state index >= 15 is 0 Å². The van der Waals surface area contributed by atoms with Crippen molar-refractivity contribution in [2.75, 3.05) is 0 Å². The summed E-state index contributed by atoms with van der Waals surface area (Å²) >= 11 is 1.49. The van der Waals surface area contributed by atoms with Crippen LogP contribution in [0.5, 0.6) is 0 Å². The maximum absolute atomic E-state index is 11.8. The molecule has 17 heavy (non-hydrogen) atoms. The highest BCUT2D eigenvalue weighted by Crippen LogP contribution is 2.18. The highest BCUT2D eigenvalue weighted by Gasteiger charge is 2.21. The van der Waals surface area contributed by atoms with Gasteiger partial charge in [-0.3, -0.25) is 4.79 Å². The second-order valence-corrected chi connectivity index (χ2v) is 4.99. The van der Waals surface area contributed by atoms with Gasteiger partial charge < -0.3 is 0 Å². The number of rotatable bonds is 2. The van der Waals surface area contributed by atoms with Crippen LogP contribution in [0.3, 0.4) is 0 Å². The molecule has 1 fully saturated rings. The SMILES string of the molecule is CCC1N[N]C(=NC(=O)c2ccc(C)cc2)S1. The predicted molar refractivity (Wildman–Crippen MR) is 69.9 cm³/mol. The number of carbonyl (C=O) groups is 1. The Kier molecular flexibility index (Phi) is 3.81. The van der Waals surface area contributed by atoms with E-state index in [9.17, 15) is 4.79 Å². The average Bonchev–Trinajstić information content (AvgIpc) is 2.77. The van der Waals surface area contributed by atoms with Crippen molar-refractivity contribution in [3.8, 4) is 0 Å². The van der Waals surface area contributed by atoms with Crippen molar-refractivity contribution in [1.29, 1.82) is 0 Å². The molecule has 1 aliphatic heterocycles. The lowest BCUT2D eigenvalue weighted by Gasteiger charge is -1.98. The normalized spacial score (nSPS) is 21.5. The first-order valence-electron chi connectivity index (χ1n) is 5.51. The van der Waals surface area contributed by atoms with Gasteiger partial charge in [0.1, 0.15) is 0 Å². The molecule has 1 radical (unpaired) electrons. The number of amides is 1. The molecule has 1 unspecified atom stereocenters. The van der Waals surface area contributed by atoms with Crippen LogP contribution >= 0.6 is 11.8 Å². The fraction of sp³-hybridized carbons (Fsp3) is 0.333. The second kappa shape index (κ2) is 5.33. The number of nitrogens with one attached hydrogen (secondary N) is 1. The Balaban J connectivity index is 2.06. The van der Waals surface area contributed by atoms with Crippen LogP contribution in [0, 0.1) is 6.92 Å². The molecule has 0 aromatic heterocycles. The topological polar surface area (TPSA) is 55.6 Å². The Morgan fingerprint density at radius 1 is 1.47 bits per heavy atom. The van der Waals surface area contributed by atoms with Crippen molar-refractivity contribution >= 4 is 22.8 Å². The van der Waals surface area contributed by atoms with Crippen LogP contribution in [0.25, 0.3) is 0 Å². The van der Waals surface area contributed by atoms with Crippen molar-refractivity contribution in [3.05, 3.63) is 35.4 Å².